The number of hydrogen-bond donors (Lipinski definition) is 3. The van der Waals surface area contributed by atoms with E-state index in [2.05, 4.69) is 6.92 Å². The average Bonchev–Trinajstić information content (AvgIpc) is 2.98. The van der Waals surface area contributed by atoms with E-state index in [1.807, 2.05) is 0 Å². The number of Topliss-reactive ketones (excluding diaryl/α,β-unsaturated/α-hetero) is 1. The Morgan fingerprint density at radius 1 is 1.00 bits per heavy atom. The van der Waals surface area contributed by atoms with Gasteiger partial charge in [-0.15, -0.1) is 0 Å². The molecule has 0 aromatic heterocycles. The Morgan fingerprint density at radius 3 is 2.52 bits per heavy atom. The van der Waals surface area contributed by atoms with E-state index >= 15 is 0 Å². The van der Waals surface area contributed by atoms with Crippen LogP contribution in [0.2, 0.25) is 0 Å². The molecule has 3 N–H and O–H groups in total. The van der Waals surface area contributed by atoms with Crippen molar-refractivity contribution in [3.8, 4) is 0 Å². The molecule has 4 nitrogen and oxygen atoms in total. The molecule has 0 radical (unpaired) electrons. The molecule has 25 heavy (non-hydrogen) atoms. The number of rotatable bonds is 3. The van der Waals surface area contributed by atoms with Crippen molar-refractivity contribution in [1.29, 1.82) is 0 Å². The third kappa shape index (κ3) is 2.47. The van der Waals surface area contributed by atoms with E-state index in [1.54, 1.807) is 0 Å². The van der Waals surface area contributed by atoms with E-state index < -0.39 is 0 Å². The number of hydrogen-bond acceptors (Lipinski definition) is 4. The van der Waals surface area contributed by atoms with Gasteiger partial charge in [-0.05, 0) is 92.3 Å². The predicted molar refractivity (Wildman–Crippen MR) is 94.7 cm³/mol. The van der Waals surface area contributed by atoms with Gasteiger partial charge in [-0.2, -0.15) is 0 Å². The van der Waals surface area contributed by atoms with Gasteiger partial charge in [-0.25, -0.2) is 0 Å². The summed E-state index contributed by atoms with van der Waals surface area (Å²) in [5.74, 6) is 2.24. The van der Waals surface area contributed by atoms with Crippen molar-refractivity contribution >= 4 is 5.78 Å². The molecular weight excluding hydrogens is 316 g/mol. The van der Waals surface area contributed by atoms with Gasteiger partial charge in [-0.3, -0.25) is 4.79 Å². The van der Waals surface area contributed by atoms with Crippen LogP contribution in [0.5, 0.6) is 0 Å². The van der Waals surface area contributed by atoms with Crippen LogP contribution in [0.15, 0.2) is 0 Å². The number of carbonyl (C=O) groups is 1. The Hall–Kier alpha value is -0.450. The van der Waals surface area contributed by atoms with Crippen LogP contribution in [-0.2, 0) is 4.79 Å². The highest BCUT2D eigenvalue weighted by Gasteiger charge is 2.62. The summed E-state index contributed by atoms with van der Waals surface area (Å²) >= 11 is 0. The van der Waals surface area contributed by atoms with Crippen LogP contribution in [0.1, 0.15) is 64.7 Å². The van der Waals surface area contributed by atoms with Crippen molar-refractivity contribution < 1.29 is 20.1 Å². The molecule has 4 aliphatic rings. The Bertz CT molecular complexity index is 534. The zero-order valence-electron chi connectivity index (χ0n) is 15.5. The molecule has 4 rings (SSSR count). The van der Waals surface area contributed by atoms with E-state index in [0.29, 0.717) is 23.7 Å². The fourth-order valence-electron chi connectivity index (χ4n) is 7.98. The first-order chi connectivity index (χ1) is 12.0. The largest absolute Gasteiger partial charge is 0.396 e. The molecule has 4 saturated carbocycles. The number of aliphatic hydroxyl groups excluding tert-OH is 3. The summed E-state index contributed by atoms with van der Waals surface area (Å²) in [6.45, 7) is 2.23. The van der Waals surface area contributed by atoms with Crippen LogP contribution in [0, 0.1) is 40.4 Å². The van der Waals surface area contributed by atoms with Gasteiger partial charge in [0.1, 0.15) is 6.61 Å². The first-order valence-electron chi connectivity index (χ1n) is 10.4. The molecular formula is C21H34O4. The number of carbonyl (C=O) groups excluding carboxylic acids is 1. The molecule has 0 heterocycles. The van der Waals surface area contributed by atoms with Gasteiger partial charge in [0.05, 0.1) is 6.10 Å². The summed E-state index contributed by atoms with van der Waals surface area (Å²) in [7, 11) is 0. The van der Waals surface area contributed by atoms with E-state index in [4.69, 9.17) is 0 Å². The minimum absolute atomic E-state index is 0.00253. The van der Waals surface area contributed by atoms with Crippen LogP contribution >= 0.6 is 0 Å². The standard InChI is InChI=1S/C21H34O4/c1-20-8-7-17-15(16(20)4-5-18(20)19(25)11-22)3-2-13-10-14(24)6-9-21(13,17)12-23/h13-18,22-24H,2-12H2,1H3/t13?,14-,15?,16?,17+,18?,20?,21?/m1/s1. The van der Waals surface area contributed by atoms with Crippen molar-refractivity contribution in [3.05, 3.63) is 0 Å². The van der Waals surface area contributed by atoms with Crippen LogP contribution < -0.4 is 0 Å². The Morgan fingerprint density at radius 2 is 1.80 bits per heavy atom. The molecule has 4 heteroatoms. The maximum absolute atomic E-state index is 12.3. The molecule has 6 unspecified atom stereocenters. The molecule has 0 aliphatic heterocycles. The summed E-state index contributed by atoms with van der Waals surface area (Å²) in [6.07, 6.45) is 8.93. The molecule has 0 saturated heterocycles. The van der Waals surface area contributed by atoms with E-state index in [1.165, 1.54) is 6.42 Å². The molecule has 0 amide bonds. The van der Waals surface area contributed by atoms with Gasteiger partial charge in [0.15, 0.2) is 5.78 Å². The lowest BCUT2D eigenvalue weighted by atomic mass is 9.44. The van der Waals surface area contributed by atoms with Gasteiger partial charge in [-0.1, -0.05) is 6.92 Å². The number of aliphatic hydroxyl groups is 3. The second-order valence-electron chi connectivity index (χ2n) is 9.77. The van der Waals surface area contributed by atoms with Crippen LogP contribution in [-0.4, -0.2) is 40.4 Å². The summed E-state index contributed by atoms with van der Waals surface area (Å²) in [6, 6.07) is 0. The third-order valence-corrected chi connectivity index (χ3v) is 9.18. The maximum Gasteiger partial charge on any atom is 0.161 e. The Kier molecular flexibility index (Phi) is 4.53. The van der Waals surface area contributed by atoms with Crippen molar-refractivity contribution in [1.82, 2.24) is 0 Å². The smallest absolute Gasteiger partial charge is 0.161 e. The summed E-state index contributed by atoms with van der Waals surface area (Å²) in [5, 5.41) is 29.9. The molecule has 0 bridgehead atoms. The molecule has 0 spiro atoms. The number of fused-ring (bicyclic) bond motifs is 5. The van der Waals surface area contributed by atoms with Crippen molar-refractivity contribution in [3.63, 3.8) is 0 Å². The summed E-state index contributed by atoms with van der Waals surface area (Å²) in [4.78, 5) is 12.3. The highest BCUT2D eigenvalue weighted by Crippen LogP contribution is 2.67. The fraction of sp³-hybridized carbons (Fsp3) is 0.952. The van der Waals surface area contributed by atoms with E-state index in [0.717, 1.165) is 51.4 Å². The molecule has 4 aliphatic carbocycles. The highest BCUT2D eigenvalue weighted by atomic mass is 16.3. The van der Waals surface area contributed by atoms with Gasteiger partial charge in [0, 0.05) is 12.5 Å². The van der Waals surface area contributed by atoms with Crippen molar-refractivity contribution in [2.24, 2.45) is 40.4 Å². The second kappa shape index (κ2) is 6.31. The second-order valence-corrected chi connectivity index (χ2v) is 9.77. The van der Waals surface area contributed by atoms with Crippen LogP contribution in [0.4, 0.5) is 0 Å². The van der Waals surface area contributed by atoms with Gasteiger partial charge in [0.25, 0.3) is 0 Å². The lowest BCUT2D eigenvalue weighted by Gasteiger charge is -2.61. The van der Waals surface area contributed by atoms with Gasteiger partial charge < -0.3 is 15.3 Å². The molecule has 8 atom stereocenters. The Labute approximate surface area is 151 Å². The summed E-state index contributed by atoms with van der Waals surface area (Å²) < 4.78 is 0. The minimum atomic E-state index is -0.318. The van der Waals surface area contributed by atoms with Crippen molar-refractivity contribution in [2.75, 3.05) is 13.2 Å². The predicted octanol–water partition coefficient (Wildman–Crippen LogP) is 2.54. The number of ketones is 1. The lowest BCUT2D eigenvalue weighted by Crippen LogP contribution is -2.57. The zero-order valence-corrected chi connectivity index (χ0v) is 15.5. The summed E-state index contributed by atoms with van der Waals surface area (Å²) in [5.41, 5.74) is 0.0429. The topological polar surface area (TPSA) is 77.8 Å². The molecule has 4 fully saturated rings. The van der Waals surface area contributed by atoms with E-state index in [9.17, 15) is 20.1 Å². The van der Waals surface area contributed by atoms with Crippen molar-refractivity contribution in [2.45, 2.75) is 70.8 Å². The SMILES string of the molecule is CC12CC[C@H]3C(CCC4C[C@H](O)CCC43CO)C1CCC2C(=O)CO. The first-order valence-corrected chi connectivity index (χ1v) is 10.4. The monoisotopic (exact) mass is 350 g/mol. The van der Waals surface area contributed by atoms with Crippen LogP contribution in [0.25, 0.3) is 0 Å². The van der Waals surface area contributed by atoms with E-state index in [-0.39, 0.29) is 41.8 Å². The average molecular weight is 350 g/mol. The molecule has 142 valence electrons. The fourth-order valence-corrected chi connectivity index (χ4v) is 7.98. The third-order valence-electron chi connectivity index (χ3n) is 9.18. The normalized spacial score (nSPS) is 52.2. The maximum atomic E-state index is 12.3. The molecule has 0 aromatic rings. The quantitative estimate of drug-likeness (QED) is 0.731. The molecule has 0 aromatic carbocycles. The zero-order chi connectivity index (χ0) is 17.8. The first kappa shape index (κ1) is 17.9. The lowest BCUT2D eigenvalue weighted by molar-refractivity contribution is -0.157. The minimum Gasteiger partial charge on any atom is -0.396 e. The van der Waals surface area contributed by atoms with Crippen LogP contribution in [0.3, 0.4) is 0 Å². The van der Waals surface area contributed by atoms with Gasteiger partial charge >= 0.3 is 0 Å². The Balaban J connectivity index is 1.62. The highest BCUT2D eigenvalue weighted by molar-refractivity contribution is 5.83. The van der Waals surface area contributed by atoms with Gasteiger partial charge in [0.2, 0.25) is 0 Å².